The standard InChI is InChI=1S/C24H46O4.C20H38O4.C16H30O4.C14H10O4.C9H18O3.C7H14O4.C4H6O4/c1-3-5-7-9-11-13-15-17-19-21-23(25)27-28-24(26)22-20-18-16-14-12-10-8-6-4-2;1-3-5-7-9-11-13-15-17-19(21)23-24-20(22)18-16-14-12-10-8-6-4-2;1-3-5-7-9-11-13-15(17)19-20-16(18)14-12-10-8-6-4-2;15-13(11-7-3-1-4-8-11)17-18-14(16)12-9-5-2-6-10-12;1-8(2,3)7(10)11-12-9(4,5)6;1-5(2)9-7(8)11-10-6(3)4;1-3(5)7-8-4(2)6/h3-22H2,1-2H3;3-18H2,1-2H3;3-14H2,1-2H3;1-10H;1-6H3;5-6H,1-4H3;1-2H3. The lowest BCUT2D eigenvalue weighted by Crippen LogP contribution is -2.28. The third-order valence-corrected chi connectivity index (χ3v) is 16.7. The molecule has 0 N–H and O–H groups in total. The van der Waals surface area contributed by atoms with Crippen molar-refractivity contribution in [1.82, 2.24) is 0 Å². The van der Waals surface area contributed by atoms with Crippen LogP contribution in [0.25, 0.3) is 0 Å². The van der Waals surface area contributed by atoms with Gasteiger partial charge in [0, 0.05) is 13.8 Å². The number of benzene rings is 2. The first kappa shape index (κ1) is 121. The molecular formula is C94H162O27. The second-order valence-electron chi connectivity index (χ2n) is 32.0. The van der Waals surface area contributed by atoms with E-state index in [0.717, 1.165) is 129 Å². The molecule has 0 bridgehead atoms. The highest BCUT2D eigenvalue weighted by molar-refractivity contribution is 5.92. The van der Waals surface area contributed by atoms with Crippen molar-refractivity contribution >= 4 is 71.8 Å². The van der Waals surface area contributed by atoms with Gasteiger partial charge in [0.1, 0.15) is 5.60 Å². The number of ether oxygens (including phenoxy) is 1. The van der Waals surface area contributed by atoms with E-state index in [1.165, 1.54) is 154 Å². The summed E-state index contributed by atoms with van der Waals surface area (Å²) in [4.78, 5) is 195. The summed E-state index contributed by atoms with van der Waals surface area (Å²) in [6.45, 7) is 33.2. The third-order valence-electron chi connectivity index (χ3n) is 16.7. The van der Waals surface area contributed by atoms with Gasteiger partial charge in [-0.1, -0.05) is 309 Å². The predicted molar refractivity (Wildman–Crippen MR) is 465 cm³/mol. The molecule has 0 aliphatic heterocycles. The van der Waals surface area contributed by atoms with E-state index in [1.54, 1.807) is 109 Å². The quantitative estimate of drug-likeness (QED) is 0.0257. The van der Waals surface area contributed by atoms with Crippen LogP contribution in [0.3, 0.4) is 0 Å². The highest BCUT2D eigenvalue weighted by Gasteiger charge is 2.27. The Morgan fingerprint density at radius 1 is 0.264 bits per heavy atom. The maximum Gasteiger partial charge on any atom is 0.540 e. The van der Waals surface area contributed by atoms with E-state index in [9.17, 15) is 57.5 Å². The Bertz CT molecular complexity index is 2690. The molecule has 2 rings (SSSR count). The highest BCUT2D eigenvalue weighted by atomic mass is 17.2. The molecular weight excluding hydrogens is 1560 g/mol. The van der Waals surface area contributed by atoms with Gasteiger partial charge >= 0.3 is 71.8 Å². The summed E-state index contributed by atoms with van der Waals surface area (Å²) in [5, 5.41) is 0. The highest BCUT2D eigenvalue weighted by Crippen LogP contribution is 2.20. The lowest BCUT2D eigenvalue weighted by atomic mass is 9.98. The maximum absolute atomic E-state index is 11.6. The molecule has 0 spiro atoms. The van der Waals surface area contributed by atoms with Crippen molar-refractivity contribution in [2.24, 2.45) is 5.41 Å². The average Bonchev–Trinajstić information content (AvgIpc) is 1.27. The summed E-state index contributed by atoms with van der Waals surface area (Å²) in [5.41, 5.74) is -0.316. The molecule has 0 unspecified atom stereocenters. The third kappa shape index (κ3) is 101. The number of hydrogen-bond donors (Lipinski definition) is 0. The van der Waals surface area contributed by atoms with Crippen LogP contribution in [0, 0.1) is 5.41 Å². The van der Waals surface area contributed by atoms with Gasteiger partial charge in [-0.25, -0.2) is 106 Å². The molecule has 0 aliphatic carbocycles. The van der Waals surface area contributed by atoms with E-state index in [1.807, 2.05) is 20.8 Å². The van der Waals surface area contributed by atoms with Crippen LogP contribution in [0.5, 0.6) is 0 Å². The Kier molecular flexibility index (Phi) is 88.4. The zero-order valence-corrected chi connectivity index (χ0v) is 77.9. The fourth-order valence-corrected chi connectivity index (χ4v) is 9.96. The summed E-state index contributed by atoms with van der Waals surface area (Å²) >= 11 is 0. The lowest BCUT2D eigenvalue weighted by Gasteiger charge is -2.20. The Hall–Kier alpha value is -8.20. The molecule has 121 heavy (non-hydrogen) atoms. The minimum atomic E-state index is -0.798. The van der Waals surface area contributed by atoms with Crippen molar-refractivity contribution in [3.63, 3.8) is 0 Å². The van der Waals surface area contributed by atoms with Gasteiger partial charge in [-0.15, -0.1) is 0 Å². The molecule has 0 aliphatic rings. The van der Waals surface area contributed by atoms with Gasteiger partial charge in [0.05, 0.1) is 67.3 Å². The first-order chi connectivity index (χ1) is 57.7. The van der Waals surface area contributed by atoms with Gasteiger partial charge < -0.3 is 4.74 Å². The molecule has 0 atom stereocenters. The Morgan fingerprint density at radius 2 is 0.479 bits per heavy atom. The summed E-state index contributed by atoms with van der Waals surface area (Å²) in [5.74, 6) is -5.65. The van der Waals surface area contributed by atoms with Gasteiger partial charge in [0.25, 0.3) is 0 Å². The molecule has 0 fully saturated rings. The normalized spacial score (nSPS) is 10.4. The molecule has 0 radical (unpaired) electrons. The minimum absolute atomic E-state index is 0.144. The van der Waals surface area contributed by atoms with Gasteiger partial charge in [0.15, 0.2) is 0 Å². The minimum Gasteiger partial charge on any atom is -0.430 e. The zero-order valence-electron chi connectivity index (χ0n) is 77.9. The monoisotopic (exact) mass is 1720 g/mol. The Balaban J connectivity index is -0.000000446. The van der Waals surface area contributed by atoms with Crippen molar-refractivity contribution in [2.45, 2.75) is 451 Å². The fourth-order valence-electron chi connectivity index (χ4n) is 9.96. The molecule has 0 saturated carbocycles. The Labute approximate surface area is 727 Å². The molecule has 27 heteroatoms. The first-order valence-corrected chi connectivity index (χ1v) is 45.2. The average molecular weight is 1720 g/mol. The van der Waals surface area contributed by atoms with Crippen LogP contribution >= 0.6 is 0 Å². The molecule has 0 heterocycles. The maximum atomic E-state index is 11.6. The summed E-state index contributed by atoms with van der Waals surface area (Å²) < 4.78 is 4.61. The number of hydrogen-bond acceptors (Lipinski definition) is 27. The molecule has 2 aromatic rings. The van der Waals surface area contributed by atoms with Crippen LogP contribution < -0.4 is 0 Å². The van der Waals surface area contributed by atoms with Gasteiger partial charge in [0.2, 0.25) is 0 Å². The van der Waals surface area contributed by atoms with E-state index >= 15 is 0 Å². The summed E-state index contributed by atoms with van der Waals surface area (Å²) in [6.07, 6.45) is 49.3. The van der Waals surface area contributed by atoms with E-state index in [4.69, 9.17) is 4.89 Å². The van der Waals surface area contributed by atoms with Crippen LogP contribution in [-0.2, 0) is 116 Å². The van der Waals surface area contributed by atoms with Crippen molar-refractivity contribution in [2.75, 3.05) is 0 Å². The van der Waals surface area contributed by atoms with E-state index in [0.29, 0.717) is 49.7 Å². The van der Waals surface area contributed by atoms with Crippen LogP contribution in [0.1, 0.15) is 454 Å². The largest absolute Gasteiger partial charge is 0.540 e. The molecule has 0 saturated heterocycles. The van der Waals surface area contributed by atoms with Crippen molar-refractivity contribution in [3.8, 4) is 0 Å². The summed E-state index contributed by atoms with van der Waals surface area (Å²) in [7, 11) is 0. The van der Waals surface area contributed by atoms with E-state index in [2.05, 4.69) is 110 Å². The fraction of sp³-hybridized carbons (Fsp3) is 0.745. The Morgan fingerprint density at radius 3 is 0.661 bits per heavy atom. The van der Waals surface area contributed by atoms with Gasteiger partial charge in [-0.05, 0) is 132 Å². The van der Waals surface area contributed by atoms with E-state index < -0.39 is 76.9 Å². The number of rotatable bonds is 54. The smallest absolute Gasteiger partial charge is 0.430 e. The second-order valence-corrected chi connectivity index (χ2v) is 32.0. The van der Waals surface area contributed by atoms with Crippen molar-refractivity contribution in [1.29, 1.82) is 0 Å². The number of carbonyl (C=O) groups excluding carboxylic acids is 12. The zero-order chi connectivity index (χ0) is 91.9. The van der Waals surface area contributed by atoms with Crippen molar-refractivity contribution in [3.05, 3.63) is 71.8 Å². The van der Waals surface area contributed by atoms with Crippen molar-refractivity contribution < 1.29 is 131 Å². The molecule has 700 valence electrons. The lowest BCUT2D eigenvalue weighted by molar-refractivity contribution is -0.325. The van der Waals surface area contributed by atoms with Crippen LogP contribution in [0.2, 0.25) is 0 Å². The first-order valence-electron chi connectivity index (χ1n) is 45.2. The predicted octanol–water partition coefficient (Wildman–Crippen LogP) is 25.6. The topological polar surface area (TPSA) is 343 Å². The van der Waals surface area contributed by atoms with Gasteiger partial charge in [-0.2, -0.15) is 9.78 Å². The molecule has 0 amide bonds. The summed E-state index contributed by atoms with van der Waals surface area (Å²) in [6, 6.07) is 16.6. The number of carbonyl (C=O) groups is 12. The van der Waals surface area contributed by atoms with E-state index in [-0.39, 0.29) is 18.2 Å². The van der Waals surface area contributed by atoms with Gasteiger partial charge in [-0.3, -0.25) is 9.78 Å². The molecule has 0 aromatic heterocycles. The number of unbranched alkanes of at least 4 members (excludes halogenated alkanes) is 36. The van der Waals surface area contributed by atoms with Crippen LogP contribution in [0.15, 0.2) is 60.7 Å². The molecule has 27 nitrogen and oxygen atoms in total. The second kappa shape index (κ2) is 88.1. The van der Waals surface area contributed by atoms with Crippen LogP contribution in [-0.4, -0.2) is 89.6 Å². The SMILES string of the molecule is CC(=O)OOC(C)=O.CC(C)(C)OOC(=O)C(C)(C)C.CC(C)OOC(=O)OC(C)C.CCCCCCCC(=O)OOC(=O)CCCCCCC.CCCCCCCCCC(=O)OOC(=O)CCCCCCCCC.CCCCCCCCCCCC(=O)OOC(=O)CCCCCCCCCCC.O=C(OOC(=O)c1ccccc1)c1ccccc1. The molecule has 2 aromatic carbocycles. The van der Waals surface area contributed by atoms with Crippen LogP contribution in [0.4, 0.5) is 4.79 Å².